The van der Waals surface area contributed by atoms with Gasteiger partial charge in [-0.15, -0.1) is 0 Å². The molecule has 0 heterocycles. The lowest BCUT2D eigenvalue weighted by atomic mass is 10.0. The second-order valence-electron chi connectivity index (χ2n) is 5.70. The van der Waals surface area contributed by atoms with Crippen LogP contribution in [0.1, 0.15) is 33.1 Å². The van der Waals surface area contributed by atoms with E-state index in [1.807, 2.05) is 32.0 Å². The van der Waals surface area contributed by atoms with Crippen LogP contribution in [-0.2, 0) is 9.59 Å². The molecule has 2 N–H and O–H groups in total. The van der Waals surface area contributed by atoms with E-state index in [9.17, 15) is 9.59 Å². The molecule has 1 saturated carbocycles. The molecule has 1 amide bonds. The minimum absolute atomic E-state index is 0.0194. The number of ether oxygens (including phenoxy) is 1. The fourth-order valence-electron chi connectivity index (χ4n) is 2.61. The van der Waals surface area contributed by atoms with Crippen molar-refractivity contribution in [3.8, 4) is 5.75 Å². The van der Waals surface area contributed by atoms with Crippen LogP contribution in [0.25, 0.3) is 0 Å². The first-order chi connectivity index (χ1) is 9.97. The van der Waals surface area contributed by atoms with Gasteiger partial charge < -0.3 is 15.2 Å². The lowest BCUT2D eigenvalue weighted by molar-refractivity contribution is -0.141. The van der Waals surface area contributed by atoms with Crippen molar-refractivity contribution >= 4 is 17.6 Å². The number of nitrogens with one attached hydrogen (secondary N) is 1. The highest BCUT2D eigenvalue weighted by Crippen LogP contribution is 2.33. The third kappa shape index (κ3) is 3.97. The van der Waals surface area contributed by atoms with Gasteiger partial charge in [-0.05, 0) is 45.2 Å². The molecule has 21 heavy (non-hydrogen) atoms. The molecule has 1 aromatic carbocycles. The van der Waals surface area contributed by atoms with Crippen molar-refractivity contribution in [1.29, 1.82) is 0 Å². The number of carboxylic acid groups (broad SMARTS) is 1. The van der Waals surface area contributed by atoms with E-state index in [1.54, 1.807) is 6.07 Å². The molecule has 1 fully saturated rings. The summed E-state index contributed by atoms with van der Waals surface area (Å²) in [7, 11) is 0. The summed E-state index contributed by atoms with van der Waals surface area (Å²) in [5.41, 5.74) is 0.634. The molecule has 1 aliphatic carbocycles. The molecule has 0 spiro atoms. The van der Waals surface area contributed by atoms with E-state index >= 15 is 0 Å². The zero-order valence-electron chi connectivity index (χ0n) is 12.3. The fourth-order valence-corrected chi connectivity index (χ4v) is 2.61. The van der Waals surface area contributed by atoms with Gasteiger partial charge in [0.2, 0.25) is 5.91 Å². The van der Waals surface area contributed by atoms with Gasteiger partial charge in [-0.1, -0.05) is 12.1 Å². The number of carboxylic acids is 1. The lowest BCUT2D eigenvalue weighted by Crippen LogP contribution is -2.22. The standard InChI is InChI=1S/C16H21NO4/c1-10(2)21-14-6-4-3-5-13(14)17-15(18)11-7-8-12(9-11)16(19)20/h3-6,10-12H,7-9H2,1-2H3,(H,17,18)(H,19,20). The second-order valence-corrected chi connectivity index (χ2v) is 5.70. The van der Waals surface area contributed by atoms with Crippen LogP contribution in [0, 0.1) is 11.8 Å². The average Bonchev–Trinajstić information content (AvgIpc) is 2.90. The highest BCUT2D eigenvalue weighted by atomic mass is 16.5. The molecule has 5 nitrogen and oxygen atoms in total. The molecule has 0 bridgehead atoms. The van der Waals surface area contributed by atoms with E-state index in [0.29, 0.717) is 30.7 Å². The quantitative estimate of drug-likeness (QED) is 0.874. The normalized spacial score (nSPS) is 21.3. The summed E-state index contributed by atoms with van der Waals surface area (Å²) in [4.78, 5) is 23.2. The Labute approximate surface area is 124 Å². The van der Waals surface area contributed by atoms with E-state index in [-0.39, 0.29) is 17.9 Å². The summed E-state index contributed by atoms with van der Waals surface area (Å²) in [6, 6.07) is 7.28. The van der Waals surface area contributed by atoms with Gasteiger partial charge in [-0.2, -0.15) is 0 Å². The molecule has 2 atom stereocenters. The van der Waals surface area contributed by atoms with Crippen LogP contribution >= 0.6 is 0 Å². The first-order valence-electron chi connectivity index (χ1n) is 7.26. The SMILES string of the molecule is CC(C)Oc1ccccc1NC(=O)C1CCC(C(=O)O)C1. The number of rotatable bonds is 5. The van der Waals surface area contributed by atoms with Gasteiger partial charge in [0.05, 0.1) is 17.7 Å². The Hall–Kier alpha value is -2.04. The summed E-state index contributed by atoms with van der Waals surface area (Å²) in [6.07, 6.45) is 1.62. The second kappa shape index (κ2) is 6.61. The van der Waals surface area contributed by atoms with E-state index in [0.717, 1.165) is 0 Å². The first kappa shape index (κ1) is 15.4. The Morgan fingerprint density at radius 1 is 1.24 bits per heavy atom. The van der Waals surface area contributed by atoms with Crippen molar-refractivity contribution < 1.29 is 19.4 Å². The number of hydrogen-bond acceptors (Lipinski definition) is 3. The van der Waals surface area contributed by atoms with Crippen molar-refractivity contribution in [3.05, 3.63) is 24.3 Å². The molecule has 0 aromatic heterocycles. The lowest BCUT2D eigenvalue weighted by Gasteiger charge is -2.16. The van der Waals surface area contributed by atoms with Crippen LogP contribution in [-0.4, -0.2) is 23.1 Å². The predicted molar refractivity (Wildman–Crippen MR) is 79.3 cm³/mol. The number of para-hydroxylation sites is 2. The molecule has 0 saturated heterocycles. The molecule has 2 unspecified atom stereocenters. The number of amides is 1. The van der Waals surface area contributed by atoms with Crippen LogP contribution in [0.3, 0.4) is 0 Å². The Bertz CT molecular complexity index is 527. The van der Waals surface area contributed by atoms with E-state index in [4.69, 9.17) is 9.84 Å². The van der Waals surface area contributed by atoms with Crippen molar-refractivity contribution in [1.82, 2.24) is 0 Å². The van der Waals surface area contributed by atoms with Crippen molar-refractivity contribution in [2.75, 3.05) is 5.32 Å². The maximum absolute atomic E-state index is 12.3. The number of hydrogen-bond donors (Lipinski definition) is 2. The molecule has 0 aliphatic heterocycles. The van der Waals surface area contributed by atoms with Crippen molar-refractivity contribution in [2.45, 2.75) is 39.2 Å². The number of carbonyl (C=O) groups is 2. The first-order valence-corrected chi connectivity index (χ1v) is 7.26. The summed E-state index contributed by atoms with van der Waals surface area (Å²) in [5.74, 6) is -0.942. The Morgan fingerprint density at radius 2 is 1.90 bits per heavy atom. The maximum Gasteiger partial charge on any atom is 0.306 e. The molecule has 1 aliphatic rings. The fraction of sp³-hybridized carbons (Fsp3) is 0.500. The molecule has 2 rings (SSSR count). The van der Waals surface area contributed by atoms with Crippen molar-refractivity contribution in [2.24, 2.45) is 11.8 Å². The molecule has 1 aromatic rings. The van der Waals surface area contributed by atoms with Gasteiger partial charge in [-0.25, -0.2) is 0 Å². The van der Waals surface area contributed by atoms with Crippen LogP contribution in [0.15, 0.2) is 24.3 Å². The van der Waals surface area contributed by atoms with E-state index in [2.05, 4.69) is 5.32 Å². The van der Waals surface area contributed by atoms with Crippen LogP contribution in [0.5, 0.6) is 5.75 Å². The minimum Gasteiger partial charge on any atom is -0.489 e. The van der Waals surface area contributed by atoms with Gasteiger partial charge >= 0.3 is 5.97 Å². The monoisotopic (exact) mass is 291 g/mol. The summed E-state index contributed by atoms with van der Waals surface area (Å²) >= 11 is 0. The van der Waals surface area contributed by atoms with Gasteiger partial charge in [-0.3, -0.25) is 9.59 Å². The summed E-state index contributed by atoms with van der Waals surface area (Å²) in [6.45, 7) is 3.85. The zero-order valence-corrected chi connectivity index (χ0v) is 12.3. The Morgan fingerprint density at radius 3 is 2.52 bits per heavy atom. The van der Waals surface area contributed by atoms with E-state index < -0.39 is 11.9 Å². The predicted octanol–water partition coefficient (Wildman–Crippen LogP) is 2.91. The number of carbonyl (C=O) groups excluding carboxylic acids is 1. The molecule has 114 valence electrons. The maximum atomic E-state index is 12.3. The topological polar surface area (TPSA) is 75.6 Å². The summed E-state index contributed by atoms with van der Waals surface area (Å²) < 4.78 is 5.66. The van der Waals surface area contributed by atoms with E-state index in [1.165, 1.54) is 0 Å². The summed E-state index contributed by atoms with van der Waals surface area (Å²) in [5, 5.41) is 11.9. The van der Waals surface area contributed by atoms with Gasteiger partial charge in [0.1, 0.15) is 5.75 Å². The highest BCUT2D eigenvalue weighted by molar-refractivity contribution is 5.94. The van der Waals surface area contributed by atoms with Crippen LogP contribution < -0.4 is 10.1 Å². The largest absolute Gasteiger partial charge is 0.489 e. The van der Waals surface area contributed by atoms with Gasteiger partial charge in [0.15, 0.2) is 0 Å². The van der Waals surface area contributed by atoms with Crippen LogP contribution in [0.4, 0.5) is 5.69 Å². The minimum atomic E-state index is -0.811. The Balaban J connectivity index is 2.02. The average molecular weight is 291 g/mol. The van der Waals surface area contributed by atoms with Crippen molar-refractivity contribution in [3.63, 3.8) is 0 Å². The highest BCUT2D eigenvalue weighted by Gasteiger charge is 2.34. The number of anilines is 1. The number of aliphatic carboxylic acids is 1. The molecule has 0 radical (unpaired) electrons. The third-order valence-electron chi connectivity index (χ3n) is 3.66. The number of benzene rings is 1. The van der Waals surface area contributed by atoms with Gasteiger partial charge in [0, 0.05) is 5.92 Å². The molecular formula is C16H21NO4. The zero-order chi connectivity index (χ0) is 15.4. The third-order valence-corrected chi connectivity index (χ3v) is 3.66. The smallest absolute Gasteiger partial charge is 0.306 e. The Kier molecular flexibility index (Phi) is 4.83. The van der Waals surface area contributed by atoms with Gasteiger partial charge in [0.25, 0.3) is 0 Å². The van der Waals surface area contributed by atoms with Crippen LogP contribution in [0.2, 0.25) is 0 Å². The molecule has 5 heteroatoms. The molecular weight excluding hydrogens is 270 g/mol.